The number of Topliss-reactive ketones (excluding diaryl/α,β-unsaturated/α-hetero) is 2. The number of hydrogen-bond acceptors (Lipinski definition) is 13. The van der Waals surface area contributed by atoms with Crippen LogP contribution in [0.3, 0.4) is 0 Å². The summed E-state index contributed by atoms with van der Waals surface area (Å²) in [5.74, 6) is -5.74. The number of aliphatic hydroxyl groups is 1. The predicted molar refractivity (Wildman–Crippen MR) is 211 cm³/mol. The van der Waals surface area contributed by atoms with Gasteiger partial charge in [0.25, 0.3) is 5.67 Å². The number of aromatic nitrogens is 3. The first-order chi connectivity index (χ1) is 27.3. The standard InChI is InChI=1S/C42H64FN5O10/c1-12-30-42(13-2)33(48(39(53)58-42)20-15-14-19-47-23-45-36-28(47)17-16-18-44-36)26(5)31(49)24(3)22-40(7,54-11)35(27(6)34(51)41(8,43)38(52)56-30)57-37-32(50)29(46(9)10)21-25(4)55-37/h16-18,23-27,29-30,32-33,35,37,50H,12-15,19-22H2,1-11H3/t24-,25-,26+,27+,29+,30-,32-,33-,35-,37?,40-,41+,42-/m1/s1. The van der Waals surface area contributed by atoms with Crippen LogP contribution in [0, 0.1) is 17.8 Å². The molecule has 0 bridgehead atoms. The van der Waals surface area contributed by atoms with Gasteiger partial charge < -0.3 is 43.2 Å². The van der Waals surface area contributed by atoms with E-state index in [2.05, 4.69) is 9.97 Å². The van der Waals surface area contributed by atoms with E-state index in [1.165, 1.54) is 14.0 Å². The van der Waals surface area contributed by atoms with Gasteiger partial charge in [-0.1, -0.05) is 34.6 Å². The summed E-state index contributed by atoms with van der Waals surface area (Å²) >= 11 is 0. The first-order valence-corrected chi connectivity index (χ1v) is 20.7. The summed E-state index contributed by atoms with van der Waals surface area (Å²) in [7, 11) is 5.06. The molecule has 58 heavy (non-hydrogen) atoms. The van der Waals surface area contributed by atoms with E-state index in [1.807, 2.05) is 42.6 Å². The van der Waals surface area contributed by atoms with Crippen molar-refractivity contribution in [1.29, 1.82) is 0 Å². The smallest absolute Gasteiger partial charge is 0.410 e. The minimum Gasteiger partial charge on any atom is -0.455 e. The number of nitrogens with zero attached hydrogens (tertiary/aromatic N) is 5. The molecule has 0 aromatic carbocycles. The van der Waals surface area contributed by atoms with Crippen LogP contribution in [0.25, 0.3) is 11.2 Å². The normalized spacial score (nSPS) is 38.1. The maximum Gasteiger partial charge on any atom is 0.410 e. The summed E-state index contributed by atoms with van der Waals surface area (Å²) in [6.07, 6.45) is -0.565. The second kappa shape index (κ2) is 18.0. The summed E-state index contributed by atoms with van der Waals surface area (Å²) in [5.41, 5.74) is -4.64. The molecule has 0 radical (unpaired) electrons. The summed E-state index contributed by atoms with van der Waals surface area (Å²) in [4.78, 5) is 69.1. The van der Waals surface area contributed by atoms with Crippen molar-refractivity contribution in [3.8, 4) is 0 Å². The fraction of sp³-hybridized carbons (Fsp3) is 0.762. The molecule has 0 spiro atoms. The molecule has 3 aliphatic rings. The highest BCUT2D eigenvalue weighted by Crippen LogP contribution is 2.45. The minimum atomic E-state index is -3.18. The van der Waals surface area contributed by atoms with Crippen molar-refractivity contribution in [2.24, 2.45) is 17.8 Å². The summed E-state index contributed by atoms with van der Waals surface area (Å²) < 4.78 is 49.8. The van der Waals surface area contributed by atoms with E-state index in [1.54, 1.807) is 52.0 Å². The highest BCUT2D eigenvalue weighted by molar-refractivity contribution is 6.08. The van der Waals surface area contributed by atoms with Crippen molar-refractivity contribution in [2.45, 2.75) is 160 Å². The second-order valence-electron chi connectivity index (χ2n) is 17.2. The first-order valence-electron chi connectivity index (χ1n) is 20.7. The number of aryl methyl sites for hydroxylation is 1. The van der Waals surface area contributed by atoms with E-state index in [4.69, 9.17) is 23.7 Å². The molecule has 3 aliphatic heterocycles. The molecule has 5 heterocycles. The first kappa shape index (κ1) is 45.5. The number of aliphatic hydroxyl groups excluding tert-OH is 1. The Morgan fingerprint density at radius 1 is 1.03 bits per heavy atom. The number of imidazole rings is 1. The van der Waals surface area contributed by atoms with E-state index < -0.39 is 83.1 Å². The lowest BCUT2D eigenvalue weighted by atomic mass is 9.72. The molecule has 1 unspecified atom stereocenters. The Kier molecular flexibility index (Phi) is 14.1. The molecule has 3 saturated heterocycles. The average Bonchev–Trinajstić information content (AvgIpc) is 3.74. The molecule has 13 atom stereocenters. The van der Waals surface area contributed by atoms with Crippen LogP contribution in [0.2, 0.25) is 0 Å². The minimum absolute atomic E-state index is 0.00343. The fourth-order valence-electron chi connectivity index (χ4n) is 9.64. The van der Waals surface area contributed by atoms with Crippen LogP contribution in [0.4, 0.5) is 9.18 Å². The number of likely N-dealkylation sites (N-methyl/N-ethyl adjacent to an activating group) is 1. The van der Waals surface area contributed by atoms with E-state index >= 15 is 4.39 Å². The van der Waals surface area contributed by atoms with Crippen molar-refractivity contribution in [3.05, 3.63) is 24.7 Å². The molecule has 15 nitrogen and oxygen atoms in total. The largest absolute Gasteiger partial charge is 0.455 e. The quantitative estimate of drug-likeness (QED) is 0.185. The number of ether oxygens (including phenoxy) is 5. The number of ketones is 2. The highest BCUT2D eigenvalue weighted by atomic mass is 19.1. The Hall–Kier alpha value is -3.57. The molecule has 2 aromatic heterocycles. The van der Waals surface area contributed by atoms with Crippen LogP contribution >= 0.6 is 0 Å². The number of halogens is 1. The number of cyclic esters (lactones) is 1. The zero-order valence-electron chi connectivity index (χ0n) is 36.0. The van der Waals surface area contributed by atoms with Gasteiger partial charge >= 0.3 is 12.1 Å². The number of hydrogen-bond donors (Lipinski definition) is 1. The van der Waals surface area contributed by atoms with Crippen molar-refractivity contribution in [1.82, 2.24) is 24.3 Å². The van der Waals surface area contributed by atoms with Crippen molar-refractivity contribution in [2.75, 3.05) is 27.7 Å². The van der Waals surface area contributed by atoms with Crippen molar-refractivity contribution in [3.63, 3.8) is 0 Å². The van der Waals surface area contributed by atoms with Gasteiger partial charge in [0.15, 0.2) is 23.3 Å². The van der Waals surface area contributed by atoms with Gasteiger partial charge in [-0.25, -0.2) is 23.9 Å². The average molecular weight is 818 g/mol. The van der Waals surface area contributed by atoms with Crippen LogP contribution in [-0.2, 0) is 44.6 Å². The molecule has 0 saturated carbocycles. The maximum absolute atomic E-state index is 17.0. The monoisotopic (exact) mass is 817 g/mol. The summed E-state index contributed by atoms with van der Waals surface area (Å²) in [6.45, 7) is 13.6. The lowest BCUT2D eigenvalue weighted by Gasteiger charge is -2.47. The molecule has 0 aliphatic carbocycles. The number of unbranched alkanes of at least 4 members (excludes halogenated alkanes) is 1. The number of carbonyl (C=O) groups excluding carboxylic acids is 4. The van der Waals surface area contributed by atoms with Crippen molar-refractivity contribution >= 4 is 34.8 Å². The molecule has 3 fully saturated rings. The third-order valence-electron chi connectivity index (χ3n) is 13.0. The van der Waals surface area contributed by atoms with E-state index in [-0.39, 0.29) is 43.7 Å². The van der Waals surface area contributed by atoms with Crippen molar-refractivity contribution < 1.29 is 52.4 Å². The molecule has 5 rings (SSSR count). The third-order valence-corrected chi connectivity index (χ3v) is 13.0. The van der Waals surface area contributed by atoms with Crippen LogP contribution in [0.5, 0.6) is 0 Å². The Morgan fingerprint density at radius 3 is 2.36 bits per heavy atom. The lowest BCUT2D eigenvalue weighted by Crippen LogP contribution is -2.62. The topological polar surface area (TPSA) is 172 Å². The molecular weight excluding hydrogens is 753 g/mol. The Bertz CT molecular complexity index is 1790. The maximum atomic E-state index is 17.0. The van der Waals surface area contributed by atoms with E-state index in [0.717, 1.165) is 12.4 Å². The zero-order valence-corrected chi connectivity index (χ0v) is 36.0. The SMILES string of the molecule is CC[C@H]1OC(=O)[C@@](C)(F)C(=O)[C@H](C)[C@@H](OC2O[C@H](C)C[C@H](N(C)C)[C@H]2O)[C@](C)(OC)C[C@@H](C)C(=O)[C@H](C)[C@H]2N(CCCCn3cnc4ncccc43)C(=O)O[C@]12CC. The number of amides is 1. The molecule has 1 amide bonds. The van der Waals surface area contributed by atoms with Crippen LogP contribution in [0.1, 0.15) is 93.9 Å². The van der Waals surface area contributed by atoms with Crippen LogP contribution < -0.4 is 0 Å². The predicted octanol–water partition coefficient (Wildman–Crippen LogP) is 4.90. The molecule has 1 N–H and O–H groups in total. The van der Waals surface area contributed by atoms with Gasteiger partial charge in [-0.3, -0.25) is 9.59 Å². The van der Waals surface area contributed by atoms with Gasteiger partial charge in [0.05, 0.1) is 35.7 Å². The molecule has 324 valence electrons. The number of fused-ring (bicyclic) bond motifs is 2. The number of esters is 1. The Balaban J connectivity index is 1.51. The lowest BCUT2D eigenvalue weighted by molar-refractivity contribution is -0.295. The van der Waals surface area contributed by atoms with Crippen LogP contribution in [0.15, 0.2) is 24.7 Å². The number of methoxy groups -OCH3 is 1. The Labute approximate surface area is 341 Å². The zero-order chi connectivity index (χ0) is 42.9. The number of alkyl halides is 1. The van der Waals surface area contributed by atoms with Gasteiger partial charge in [-0.2, -0.15) is 0 Å². The van der Waals surface area contributed by atoms with E-state index in [0.29, 0.717) is 31.5 Å². The number of carbonyl (C=O) groups is 4. The van der Waals surface area contributed by atoms with E-state index in [9.17, 15) is 24.3 Å². The Morgan fingerprint density at radius 2 is 1.72 bits per heavy atom. The van der Waals surface area contributed by atoms with Gasteiger partial charge in [-0.05, 0) is 85.5 Å². The summed E-state index contributed by atoms with van der Waals surface area (Å²) in [6, 6.07) is 2.51. The second-order valence-corrected chi connectivity index (χ2v) is 17.2. The fourth-order valence-corrected chi connectivity index (χ4v) is 9.64. The van der Waals surface area contributed by atoms with Crippen LogP contribution in [-0.4, -0.2) is 140 Å². The molecular formula is C42H64FN5O10. The van der Waals surface area contributed by atoms with Gasteiger partial charge in [0, 0.05) is 50.2 Å². The van der Waals surface area contributed by atoms with Gasteiger partial charge in [-0.15, -0.1) is 0 Å². The summed E-state index contributed by atoms with van der Waals surface area (Å²) in [5, 5.41) is 11.4. The van der Waals surface area contributed by atoms with Gasteiger partial charge in [0.2, 0.25) is 0 Å². The third kappa shape index (κ3) is 8.54. The number of rotatable bonds is 11. The van der Waals surface area contributed by atoms with Gasteiger partial charge in [0.1, 0.15) is 18.0 Å². The number of pyridine rings is 1. The highest BCUT2D eigenvalue weighted by Gasteiger charge is 2.63. The molecule has 16 heteroatoms. The molecule has 2 aromatic rings.